The summed E-state index contributed by atoms with van der Waals surface area (Å²) in [4.78, 5) is 4.67. The Hall–Kier alpha value is -2.81. The van der Waals surface area contributed by atoms with Gasteiger partial charge in [-0.25, -0.2) is 4.98 Å². The first-order valence-electron chi connectivity index (χ1n) is 7.75. The fourth-order valence-corrected chi connectivity index (χ4v) is 2.33. The van der Waals surface area contributed by atoms with Crippen molar-refractivity contribution < 1.29 is 4.74 Å². The highest BCUT2D eigenvalue weighted by atomic mass is 16.5. The van der Waals surface area contributed by atoms with Crippen LogP contribution in [0.25, 0.3) is 11.3 Å². The molecule has 23 heavy (non-hydrogen) atoms. The normalized spacial score (nSPS) is 10.3. The zero-order chi connectivity index (χ0) is 15.9. The Morgan fingerprint density at radius 1 is 1.00 bits per heavy atom. The first kappa shape index (κ1) is 15.1. The van der Waals surface area contributed by atoms with E-state index in [-0.39, 0.29) is 0 Å². The molecule has 3 aromatic rings. The lowest BCUT2D eigenvalue weighted by Gasteiger charge is -2.12. The Balaban J connectivity index is 1.82. The lowest BCUT2D eigenvalue weighted by Crippen LogP contribution is -2.05. The molecule has 0 spiro atoms. The molecule has 0 atom stereocenters. The van der Waals surface area contributed by atoms with Crippen molar-refractivity contribution in [2.75, 3.05) is 11.9 Å². The molecule has 1 heterocycles. The molecule has 3 rings (SSSR count). The van der Waals surface area contributed by atoms with Crippen molar-refractivity contribution in [1.29, 1.82) is 0 Å². The van der Waals surface area contributed by atoms with Gasteiger partial charge >= 0.3 is 0 Å². The SMILES string of the molecule is CCOc1nc(-c2ccccc2)ccc1CNc1[c]cccc1. The molecule has 0 fully saturated rings. The van der Waals surface area contributed by atoms with E-state index >= 15 is 0 Å². The molecule has 3 heteroatoms. The molecule has 0 bridgehead atoms. The summed E-state index contributed by atoms with van der Waals surface area (Å²) in [5.41, 5.74) is 4.00. The summed E-state index contributed by atoms with van der Waals surface area (Å²) in [6.07, 6.45) is 0. The maximum atomic E-state index is 5.73. The van der Waals surface area contributed by atoms with Gasteiger partial charge in [0.2, 0.25) is 5.88 Å². The third-order valence-corrected chi connectivity index (χ3v) is 3.47. The van der Waals surface area contributed by atoms with Crippen LogP contribution in [0, 0.1) is 6.07 Å². The van der Waals surface area contributed by atoms with Crippen LogP contribution in [0.15, 0.2) is 66.7 Å². The molecule has 0 amide bonds. The topological polar surface area (TPSA) is 34.1 Å². The first-order valence-corrected chi connectivity index (χ1v) is 7.75. The molecule has 1 radical (unpaired) electrons. The third-order valence-electron chi connectivity index (χ3n) is 3.47. The van der Waals surface area contributed by atoms with E-state index in [4.69, 9.17) is 4.74 Å². The van der Waals surface area contributed by atoms with Gasteiger partial charge < -0.3 is 10.1 Å². The van der Waals surface area contributed by atoms with Crippen molar-refractivity contribution >= 4 is 5.69 Å². The molecule has 0 aliphatic heterocycles. The second kappa shape index (κ2) is 7.45. The monoisotopic (exact) mass is 303 g/mol. The van der Waals surface area contributed by atoms with E-state index in [0.29, 0.717) is 19.0 Å². The lowest BCUT2D eigenvalue weighted by molar-refractivity contribution is 0.324. The Kier molecular flexibility index (Phi) is 4.89. The molecule has 0 unspecified atom stereocenters. The molecule has 3 nitrogen and oxygen atoms in total. The van der Waals surface area contributed by atoms with E-state index in [1.54, 1.807) is 0 Å². The summed E-state index contributed by atoms with van der Waals surface area (Å²) in [6.45, 7) is 3.21. The van der Waals surface area contributed by atoms with E-state index in [0.717, 1.165) is 22.5 Å². The summed E-state index contributed by atoms with van der Waals surface area (Å²) in [5.74, 6) is 0.678. The molecule has 1 N–H and O–H groups in total. The predicted octanol–water partition coefficient (Wildman–Crippen LogP) is 4.56. The van der Waals surface area contributed by atoms with Gasteiger partial charge in [-0.15, -0.1) is 0 Å². The first-order chi connectivity index (χ1) is 11.4. The van der Waals surface area contributed by atoms with Gasteiger partial charge in [0.1, 0.15) is 0 Å². The smallest absolute Gasteiger partial charge is 0.218 e. The average Bonchev–Trinajstić information content (AvgIpc) is 2.62. The van der Waals surface area contributed by atoms with Gasteiger partial charge in [-0.05, 0) is 25.1 Å². The van der Waals surface area contributed by atoms with Crippen LogP contribution in [-0.2, 0) is 6.54 Å². The number of ether oxygens (including phenoxy) is 1. The fourth-order valence-electron chi connectivity index (χ4n) is 2.33. The van der Waals surface area contributed by atoms with Crippen LogP contribution in [0.5, 0.6) is 5.88 Å². The highest BCUT2D eigenvalue weighted by Gasteiger charge is 2.08. The second-order valence-corrected chi connectivity index (χ2v) is 5.09. The highest BCUT2D eigenvalue weighted by Crippen LogP contribution is 2.24. The number of hydrogen-bond donors (Lipinski definition) is 1. The van der Waals surface area contributed by atoms with Crippen LogP contribution in [0.1, 0.15) is 12.5 Å². The molecule has 1 aromatic heterocycles. The van der Waals surface area contributed by atoms with E-state index in [1.165, 1.54) is 0 Å². The van der Waals surface area contributed by atoms with Gasteiger partial charge in [-0.3, -0.25) is 0 Å². The molecule has 0 aliphatic carbocycles. The Labute approximate surface area is 137 Å². The third kappa shape index (κ3) is 3.89. The Morgan fingerprint density at radius 3 is 2.57 bits per heavy atom. The number of nitrogens with one attached hydrogen (secondary N) is 1. The van der Waals surface area contributed by atoms with Gasteiger partial charge in [0.25, 0.3) is 0 Å². The van der Waals surface area contributed by atoms with E-state index in [1.807, 2.05) is 55.5 Å². The lowest BCUT2D eigenvalue weighted by atomic mass is 10.1. The van der Waals surface area contributed by atoms with E-state index in [9.17, 15) is 0 Å². The van der Waals surface area contributed by atoms with Crippen molar-refractivity contribution in [1.82, 2.24) is 4.98 Å². The molecule has 0 aliphatic rings. The average molecular weight is 303 g/mol. The van der Waals surface area contributed by atoms with Crippen LogP contribution in [0.3, 0.4) is 0 Å². The van der Waals surface area contributed by atoms with Crippen LogP contribution < -0.4 is 10.1 Å². The summed E-state index contributed by atoms with van der Waals surface area (Å²) in [7, 11) is 0. The number of anilines is 1. The summed E-state index contributed by atoms with van der Waals surface area (Å²) >= 11 is 0. The number of rotatable bonds is 6. The minimum Gasteiger partial charge on any atom is -0.478 e. The van der Waals surface area contributed by atoms with Crippen molar-refractivity contribution in [3.05, 3.63) is 78.4 Å². The Morgan fingerprint density at radius 2 is 1.83 bits per heavy atom. The van der Waals surface area contributed by atoms with Crippen LogP contribution in [0.4, 0.5) is 5.69 Å². The summed E-state index contributed by atoms with van der Waals surface area (Å²) in [6, 6.07) is 25.2. The number of pyridine rings is 1. The van der Waals surface area contributed by atoms with Crippen LogP contribution in [-0.4, -0.2) is 11.6 Å². The van der Waals surface area contributed by atoms with Crippen LogP contribution in [0.2, 0.25) is 0 Å². The highest BCUT2D eigenvalue weighted by molar-refractivity contribution is 5.60. The quantitative estimate of drug-likeness (QED) is 0.725. The van der Waals surface area contributed by atoms with Crippen LogP contribution >= 0.6 is 0 Å². The minimum atomic E-state index is 0.593. The zero-order valence-corrected chi connectivity index (χ0v) is 13.1. The van der Waals surface area contributed by atoms with Gasteiger partial charge in [0, 0.05) is 29.4 Å². The maximum Gasteiger partial charge on any atom is 0.218 e. The van der Waals surface area contributed by atoms with Gasteiger partial charge in [0.15, 0.2) is 0 Å². The molecule has 2 aromatic carbocycles. The largest absolute Gasteiger partial charge is 0.478 e. The number of aromatic nitrogens is 1. The number of para-hydroxylation sites is 1. The van der Waals surface area contributed by atoms with Gasteiger partial charge in [-0.1, -0.05) is 48.5 Å². The van der Waals surface area contributed by atoms with Crippen molar-refractivity contribution in [2.24, 2.45) is 0 Å². The van der Waals surface area contributed by atoms with Gasteiger partial charge in [-0.2, -0.15) is 0 Å². The van der Waals surface area contributed by atoms with Gasteiger partial charge in [0.05, 0.1) is 12.3 Å². The molecular formula is C20H19N2O. The predicted molar refractivity (Wildman–Crippen MR) is 93.4 cm³/mol. The van der Waals surface area contributed by atoms with E-state index < -0.39 is 0 Å². The molecular weight excluding hydrogens is 284 g/mol. The molecule has 115 valence electrons. The van der Waals surface area contributed by atoms with Crippen molar-refractivity contribution in [3.8, 4) is 17.1 Å². The number of benzene rings is 2. The Bertz CT molecular complexity index is 742. The minimum absolute atomic E-state index is 0.593. The fraction of sp³-hybridized carbons (Fsp3) is 0.150. The summed E-state index contributed by atoms with van der Waals surface area (Å²) in [5, 5.41) is 3.34. The molecule has 0 saturated carbocycles. The van der Waals surface area contributed by atoms with Crippen molar-refractivity contribution in [2.45, 2.75) is 13.5 Å². The molecule has 0 saturated heterocycles. The van der Waals surface area contributed by atoms with Crippen molar-refractivity contribution in [3.63, 3.8) is 0 Å². The number of nitrogens with zero attached hydrogens (tertiary/aromatic N) is 1. The number of hydrogen-bond acceptors (Lipinski definition) is 3. The van der Waals surface area contributed by atoms with E-state index in [2.05, 4.69) is 34.6 Å². The standard InChI is InChI=1S/C20H19N2O/c1-2-23-20-17(15-21-18-11-7-4-8-12-18)13-14-19(22-20)16-9-5-3-6-10-16/h3-11,13-14,21H,2,15H2,1H3. The zero-order valence-electron chi connectivity index (χ0n) is 13.1. The maximum absolute atomic E-state index is 5.73. The second-order valence-electron chi connectivity index (χ2n) is 5.09. The summed E-state index contributed by atoms with van der Waals surface area (Å²) < 4.78 is 5.73.